The van der Waals surface area contributed by atoms with Crippen LogP contribution < -0.4 is 0 Å². The van der Waals surface area contributed by atoms with Crippen LogP contribution in [0, 0.1) is 53.7 Å². The minimum absolute atomic E-state index is 0.120. The molecule has 5 rings (SSSR count). The summed E-state index contributed by atoms with van der Waals surface area (Å²) in [6.07, 6.45) is 0. The third-order valence-electron chi connectivity index (χ3n) is 6.45. The van der Waals surface area contributed by atoms with Crippen LogP contribution in [0.4, 0.5) is 11.4 Å². The Bertz CT molecular complexity index is 1810. The van der Waals surface area contributed by atoms with Crippen LogP contribution in [0.2, 0.25) is 0 Å². The standard InChI is InChI=1S/C32H12N6/c1-36-23-10-8-21(9-11-23)25-14-27-26-13-24(20-6-4-19(16-33)5-7-20)22(17-34)12-28(26)32(31(18-35)38-3)29(27)15-30(25)37-2/h4-15H/b32-31-. The molecule has 4 aromatic rings. The lowest BCUT2D eigenvalue weighted by atomic mass is 9.92. The summed E-state index contributed by atoms with van der Waals surface area (Å²) in [6, 6.07) is 27.3. The Morgan fingerprint density at radius 3 is 1.76 bits per heavy atom. The highest BCUT2D eigenvalue weighted by Crippen LogP contribution is 2.51. The molecule has 0 saturated carbocycles. The van der Waals surface area contributed by atoms with Crippen LogP contribution in [0.15, 0.2) is 78.5 Å². The van der Waals surface area contributed by atoms with Crippen molar-refractivity contribution in [1.29, 1.82) is 15.8 Å². The SMILES string of the molecule is [C-]#[N+]/C(C#N)=C1/c2cc(C#N)c(-c3ccc(C#N)cc3)cc2-c2cc(-c3ccc([N+]#[C-])cc3)c([N+]#[C-])cc21. The second kappa shape index (κ2) is 9.31. The van der Waals surface area contributed by atoms with Crippen LogP contribution >= 0.6 is 0 Å². The van der Waals surface area contributed by atoms with E-state index in [1.54, 1.807) is 60.7 Å². The molecule has 0 atom stereocenters. The Balaban J connectivity index is 1.84. The lowest BCUT2D eigenvalue weighted by molar-refractivity contribution is 1.46. The molecule has 4 aromatic carbocycles. The first-order valence-corrected chi connectivity index (χ1v) is 11.2. The molecule has 0 radical (unpaired) electrons. The number of hydrogen-bond acceptors (Lipinski definition) is 3. The fraction of sp³-hybridized carbons (Fsp3) is 0. The molecule has 0 aromatic heterocycles. The smallest absolute Gasteiger partial charge is 0.238 e. The normalized spacial score (nSPS) is 11.8. The molecular weight excluding hydrogens is 468 g/mol. The summed E-state index contributed by atoms with van der Waals surface area (Å²) < 4.78 is 0. The van der Waals surface area contributed by atoms with Crippen LogP contribution in [0.1, 0.15) is 22.3 Å². The number of allylic oxidation sites excluding steroid dienone is 1. The topological polar surface area (TPSA) is 84.4 Å². The van der Waals surface area contributed by atoms with Gasteiger partial charge in [0, 0.05) is 11.1 Å². The molecule has 0 heterocycles. The summed E-state index contributed by atoms with van der Waals surface area (Å²) in [5.41, 5.74) is 7.44. The highest BCUT2D eigenvalue weighted by Gasteiger charge is 2.30. The van der Waals surface area contributed by atoms with E-state index in [0.717, 1.165) is 22.3 Å². The molecule has 1 aliphatic carbocycles. The molecule has 1 aliphatic rings. The van der Waals surface area contributed by atoms with E-state index in [2.05, 4.69) is 26.7 Å². The third kappa shape index (κ3) is 3.62. The predicted octanol–water partition coefficient (Wildman–Crippen LogP) is 8.05. The van der Waals surface area contributed by atoms with Crippen molar-refractivity contribution in [3.63, 3.8) is 0 Å². The fourth-order valence-corrected chi connectivity index (χ4v) is 4.68. The number of nitrogens with zero attached hydrogens (tertiary/aromatic N) is 6. The summed E-state index contributed by atoms with van der Waals surface area (Å²) >= 11 is 0. The van der Waals surface area contributed by atoms with E-state index in [4.69, 9.17) is 25.0 Å². The van der Waals surface area contributed by atoms with Gasteiger partial charge in [-0.2, -0.15) is 10.5 Å². The van der Waals surface area contributed by atoms with E-state index in [0.29, 0.717) is 50.3 Å². The molecule has 6 nitrogen and oxygen atoms in total. The number of nitriles is 3. The van der Waals surface area contributed by atoms with E-state index < -0.39 is 0 Å². The first-order valence-electron chi connectivity index (χ1n) is 11.2. The van der Waals surface area contributed by atoms with E-state index in [1.807, 2.05) is 18.2 Å². The van der Waals surface area contributed by atoms with Gasteiger partial charge in [0.15, 0.2) is 11.4 Å². The van der Waals surface area contributed by atoms with Crippen molar-refractivity contribution in [2.45, 2.75) is 0 Å². The van der Waals surface area contributed by atoms with E-state index in [-0.39, 0.29) is 5.70 Å². The summed E-state index contributed by atoms with van der Waals surface area (Å²) in [5.74, 6) is 0. The zero-order chi connectivity index (χ0) is 26.8. The number of fused-ring (bicyclic) bond motifs is 3. The summed E-state index contributed by atoms with van der Waals surface area (Å²) in [7, 11) is 0. The van der Waals surface area contributed by atoms with Gasteiger partial charge in [-0.15, -0.1) is 0 Å². The molecule has 0 unspecified atom stereocenters. The zero-order valence-corrected chi connectivity index (χ0v) is 19.6. The van der Waals surface area contributed by atoms with Crippen molar-refractivity contribution in [2.24, 2.45) is 0 Å². The van der Waals surface area contributed by atoms with Crippen LogP contribution in [0.25, 0.3) is 53.5 Å². The maximum atomic E-state index is 9.98. The van der Waals surface area contributed by atoms with Gasteiger partial charge in [-0.3, -0.25) is 0 Å². The molecule has 0 fully saturated rings. The Morgan fingerprint density at radius 2 is 1.21 bits per heavy atom. The largest absolute Gasteiger partial charge is 0.270 e. The minimum atomic E-state index is -0.120. The molecule has 0 spiro atoms. The molecule has 6 heteroatoms. The van der Waals surface area contributed by atoms with Gasteiger partial charge < -0.3 is 0 Å². The second-order valence-corrected chi connectivity index (χ2v) is 8.38. The van der Waals surface area contributed by atoms with Crippen LogP contribution in [0.5, 0.6) is 0 Å². The van der Waals surface area contributed by atoms with Crippen molar-refractivity contribution >= 4 is 16.9 Å². The van der Waals surface area contributed by atoms with Crippen molar-refractivity contribution < 1.29 is 0 Å². The van der Waals surface area contributed by atoms with Gasteiger partial charge in [-0.25, -0.2) is 19.8 Å². The van der Waals surface area contributed by atoms with Crippen molar-refractivity contribution in [3.8, 4) is 51.6 Å². The van der Waals surface area contributed by atoms with Gasteiger partial charge >= 0.3 is 0 Å². The van der Waals surface area contributed by atoms with Crippen LogP contribution in [-0.4, -0.2) is 0 Å². The molecule has 0 amide bonds. The van der Waals surface area contributed by atoms with Gasteiger partial charge in [-0.1, -0.05) is 42.5 Å². The van der Waals surface area contributed by atoms with Gasteiger partial charge in [-0.05, 0) is 69.3 Å². The Kier molecular flexibility index (Phi) is 5.71. The fourth-order valence-electron chi connectivity index (χ4n) is 4.68. The number of rotatable bonds is 2. The molecule has 0 N–H and O–H groups in total. The Labute approximate surface area is 219 Å². The summed E-state index contributed by atoms with van der Waals surface area (Å²) in [6.45, 7) is 22.6. The van der Waals surface area contributed by atoms with E-state index in [1.165, 1.54) is 0 Å². The lowest BCUT2D eigenvalue weighted by Crippen LogP contribution is -1.91. The quantitative estimate of drug-likeness (QED) is 0.189. The first-order chi connectivity index (χ1) is 18.6. The monoisotopic (exact) mass is 480 g/mol. The van der Waals surface area contributed by atoms with Crippen LogP contribution in [0.3, 0.4) is 0 Å². The Hall–Kier alpha value is -6.44. The van der Waals surface area contributed by atoms with Crippen molar-refractivity contribution in [2.75, 3.05) is 0 Å². The van der Waals surface area contributed by atoms with Gasteiger partial charge in [0.05, 0.1) is 49.1 Å². The molecule has 0 bridgehead atoms. The molecular formula is C32H12N6. The number of hydrogen-bond donors (Lipinski definition) is 0. The Morgan fingerprint density at radius 1 is 0.605 bits per heavy atom. The third-order valence-corrected chi connectivity index (χ3v) is 6.45. The van der Waals surface area contributed by atoms with Crippen molar-refractivity contribution in [1.82, 2.24) is 0 Å². The minimum Gasteiger partial charge on any atom is -0.238 e. The summed E-state index contributed by atoms with van der Waals surface area (Å²) in [4.78, 5) is 10.6. The average molecular weight is 480 g/mol. The highest BCUT2D eigenvalue weighted by molar-refractivity contribution is 6.07. The summed E-state index contributed by atoms with van der Waals surface area (Å²) in [5, 5.41) is 28.9. The number of benzene rings is 4. The van der Waals surface area contributed by atoms with Crippen molar-refractivity contribution in [3.05, 3.63) is 135 Å². The molecule has 0 saturated heterocycles. The van der Waals surface area contributed by atoms with Gasteiger partial charge in [0.2, 0.25) is 0 Å². The molecule has 38 heavy (non-hydrogen) atoms. The maximum Gasteiger partial charge on any atom is 0.270 e. The predicted molar refractivity (Wildman–Crippen MR) is 143 cm³/mol. The lowest BCUT2D eigenvalue weighted by Gasteiger charge is -2.11. The molecule has 170 valence electrons. The van der Waals surface area contributed by atoms with Gasteiger partial charge in [0.25, 0.3) is 5.70 Å². The second-order valence-electron chi connectivity index (χ2n) is 8.38. The zero-order valence-electron chi connectivity index (χ0n) is 19.6. The molecule has 0 aliphatic heterocycles. The van der Waals surface area contributed by atoms with Crippen LogP contribution in [-0.2, 0) is 0 Å². The maximum absolute atomic E-state index is 9.98. The van der Waals surface area contributed by atoms with Gasteiger partial charge in [0.1, 0.15) is 0 Å². The highest BCUT2D eigenvalue weighted by atomic mass is 14.7. The average Bonchev–Trinajstić information content (AvgIpc) is 3.28. The van der Waals surface area contributed by atoms with E-state index in [9.17, 15) is 10.5 Å². The first kappa shape index (κ1) is 23.3. The van der Waals surface area contributed by atoms with E-state index >= 15 is 0 Å².